The van der Waals surface area contributed by atoms with E-state index < -0.39 is 5.91 Å². The Labute approximate surface area is 156 Å². The zero-order valence-electron chi connectivity index (χ0n) is 16.3. The molecule has 2 aliphatic heterocycles. The number of hydrogen-bond donors (Lipinski definition) is 3. The molecule has 2 fully saturated rings. The third-order valence-corrected chi connectivity index (χ3v) is 5.86. The third kappa shape index (κ3) is 4.21. The fourth-order valence-corrected chi connectivity index (χ4v) is 4.65. The maximum atomic E-state index is 11.5. The number of benzene rings is 1. The van der Waals surface area contributed by atoms with Gasteiger partial charge in [-0.2, -0.15) is 0 Å². The average Bonchev–Trinajstić information content (AvgIpc) is 2.78. The lowest BCUT2D eigenvalue weighted by Gasteiger charge is -2.39. The Bertz CT molecular complexity index is 639. The van der Waals surface area contributed by atoms with E-state index in [0.717, 1.165) is 38.0 Å². The zero-order valence-corrected chi connectivity index (χ0v) is 16.3. The van der Waals surface area contributed by atoms with Crippen LogP contribution in [0.15, 0.2) is 18.2 Å². The van der Waals surface area contributed by atoms with Gasteiger partial charge in [0.2, 0.25) is 0 Å². The fourth-order valence-electron chi connectivity index (χ4n) is 4.65. The molecule has 0 aliphatic carbocycles. The minimum absolute atomic E-state index is 0.0877. The van der Waals surface area contributed by atoms with E-state index in [0.29, 0.717) is 23.4 Å². The number of para-hydroxylation sites is 1. The average molecular weight is 360 g/mol. The Balaban J connectivity index is 1.62. The van der Waals surface area contributed by atoms with E-state index in [1.165, 1.54) is 12.8 Å². The van der Waals surface area contributed by atoms with Gasteiger partial charge >= 0.3 is 0 Å². The minimum Gasteiger partial charge on any atom is -0.507 e. The van der Waals surface area contributed by atoms with Crippen LogP contribution in [0.25, 0.3) is 0 Å². The first kappa shape index (κ1) is 19.2. The van der Waals surface area contributed by atoms with Gasteiger partial charge in [-0.3, -0.25) is 9.69 Å². The van der Waals surface area contributed by atoms with Crippen LogP contribution >= 0.6 is 0 Å². The lowest BCUT2D eigenvalue weighted by molar-refractivity contribution is 0.0997. The van der Waals surface area contributed by atoms with Crippen LogP contribution in [-0.2, 0) is 0 Å². The molecule has 2 aliphatic rings. The molecule has 144 valence electrons. The quantitative estimate of drug-likeness (QED) is 0.683. The highest BCUT2D eigenvalue weighted by Crippen LogP contribution is 2.45. The van der Waals surface area contributed by atoms with E-state index >= 15 is 0 Å². The Morgan fingerprint density at radius 1 is 1.27 bits per heavy atom. The van der Waals surface area contributed by atoms with Crippen LogP contribution in [0.4, 0.5) is 0 Å². The smallest absolute Gasteiger partial charge is 0.252 e. The number of primary amides is 1. The van der Waals surface area contributed by atoms with Crippen molar-refractivity contribution in [1.82, 2.24) is 10.2 Å². The Morgan fingerprint density at radius 3 is 2.50 bits per heavy atom. The van der Waals surface area contributed by atoms with E-state index in [1.807, 2.05) is 12.1 Å². The summed E-state index contributed by atoms with van der Waals surface area (Å²) in [5.41, 5.74) is 6.83. The first-order chi connectivity index (χ1) is 12.3. The lowest BCUT2D eigenvalue weighted by Crippen LogP contribution is -2.45. The number of carbonyl (C=O) groups excluding carboxylic acids is 1. The SMILES string of the molecule is CC(C)(C)CNCCN1C2CCC1CC(c1cccc(C(N)=O)c1O)C2. The van der Waals surface area contributed by atoms with Crippen molar-refractivity contribution in [1.29, 1.82) is 0 Å². The molecule has 1 amide bonds. The molecule has 2 saturated heterocycles. The maximum absolute atomic E-state index is 11.5. The molecule has 0 spiro atoms. The van der Waals surface area contributed by atoms with Crippen molar-refractivity contribution >= 4 is 5.91 Å². The van der Waals surface area contributed by atoms with Gasteiger partial charge in [0.15, 0.2) is 0 Å². The van der Waals surface area contributed by atoms with Crippen LogP contribution < -0.4 is 11.1 Å². The van der Waals surface area contributed by atoms with Crippen molar-refractivity contribution in [2.45, 2.75) is 64.5 Å². The highest BCUT2D eigenvalue weighted by Gasteiger charge is 2.41. The maximum Gasteiger partial charge on any atom is 0.252 e. The number of amides is 1. The van der Waals surface area contributed by atoms with Crippen LogP contribution in [0.5, 0.6) is 5.75 Å². The molecule has 5 nitrogen and oxygen atoms in total. The molecule has 2 unspecified atom stereocenters. The molecule has 2 heterocycles. The molecule has 1 aromatic carbocycles. The van der Waals surface area contributed by atoms with Crippen LogP contribution in [-0.4, -0.2) is 47.6 Å². The Morgan fingerprint density at radius 2 is 1.92 bits per heavy atom. The number of nitrogens with one attached hydrogen (secondary N) is 1. The van der Waals surface area contributed by atoms with Gasteiger partial charge in [0.05, 0.1) is 5.56 Å². The first-order valence-corrected chi connectivity index (χ1v) is 9.84. The largest absolute Gasteiger partial charge is 0.507 e. The summed E-state index contributed by atoms with van der Waals surface area (Å²) < 4.78 is 0. The van der Waals surface area contributed by atoms with Crippen LogP contribution in [0.3, 0.4) is 0 Å². The van der Waals surface area contributed by atoms with E-state index in [9.17, 15) is 9.90 Å². The first-order valence-electron chi connectivity index (χ1n) is 9.84. The number of fused-ring (bicyclic) bond motifs is 2. The van der Waals surface area contributed by atoms with E-state index in [1.54, 1.807) is 6.07 Å². The third-order valence-electron chi connectivity index (χ3n) is 5.86. The number of carbonyl (C=O) groups is 1. The highest BCUT2D eigenvalue weighted by atomic mass is 16.3. The van der Waals surface area contributed by atoms with Crippen molar-refractivity contribution in [2.75, 3.05) is 19.6 Å². The van der Waals surface area contributed by atoms with E-state index in [4.69, 9.17) is 5.73 Å². The van der Waals surface area contributed by atoms with Crippen molar-refractivity contribution < 1.29 is 9.90 Å². The monoisotopic (exact) mass is 359 g/mol. The summed E-state index contributed by atoms with van der Waals surface area (Å²) in [5.74, 6) is -0.162. The second kappa shape index (κ2) is 7.57. The summed E-state index contributed by atoms with van der Waals surface area (Å²) in [6.07, 6.45) is 4.56. The van der Waals surface area contributed by atoms with Gasteiger partial charge in [0.25, 0.3) is 5.91 Å². The summed E-state index contributed by atoms with van der Waals surface area (Å²) >= 11 is 0. The molecule has 0 saturated carbocycles. The molecular formula is C21H33N3O2. The molecule has 4 N–H and O–H groups in total. The molecule has 2 bridgehead atoms. The second-order valence-corrected chi connectivity index (χ2v) is 9.14. The molecule has 0 aromatic heterocycles. The molecule has 1 aromatic rings. The van der Waals surface area contributed by atoms with Crippen molar-refractivity contribution in [2.24, 2.45) is 11.1 Å². The van der Waals surface area contributed by atoms with Gasteiger partial charge < -0.3 is 16.2 Å². The lowest BCUT2D eigenvalue weighted by atomic mass is 9.83. The number of piperidine rings is 1. The van der Waals surface area contributed by atoms with E-state index in [2.05, 4.69) is 31.0 Å². The normalized spacial score (nSPS) is 26.2. The molecular weight excluding hydrogens is 326 g/mol. The summed E-state index contributed by atoms with van der Waals surface area (Å²) in [4.78, 5) is 14.2. The summed E-state index contributed by atoms with van der Waals surface area (Å²) in [6, 6.07) is 6.54. The van der Waals surface area contributed by atoms with Crippen LogP contribution in [0.1, 0.15) is 68.3 Å². The summed E-state index contributed by atoms with van der Waals surface area (Å²) in [5, 5.41) is 14.1. The topological polar surface area (TPSA) is 78.6 Å². The van der Waals surface area contributed by atoms with Crippen molar-refractivity contribution in [3.63, 3.8) is 0 Å². The predicted molar refractivity (Wildman–Crippen MR) is 104 cm³/mol. The number of hydrogen-bond acceptors (Lipinski definition) is 4. The summed E-state index contributed by atoms with van der Waals surface area (Å²) in [6.45, 7) is 9.90. The zero-order chi connectivity index (χ0) is 18.9. The number of rotatable bonds is 6. The van der Waals surface area contributed by atoms with Crippen molar-refractivity contribution in [3.8, 4) is 5.75 Å². The van der Waals surface area contributed by atoms with Gasteiger partial charge in [0.1, 0.15) is 5.75 Å². The van der Waals surface area contributed by atoms with Gasteiger partial charge in [-0.25, -0.2) is 0 Å². The standard InChI is InChI=1S/C21H33N3O2/c1-21(2,3)13-23-9-10-24-15-7-8-16(24)12-14(11-15)17-5-4-6-18(19(17)25)20(22)26/h4-6,14-16,23,25H,7-13H2,1-3H3,(H2,22,26). The summed E-state index contributed by atoms with van der Waals surface area (Å²) in [7, 11) is 0. The van der Waals surface area contributed by atoms with Gasteiger partial charge in [-0.15, -0.1) is 0 Å². The van der Waals surface area contributed by atoms with Crippen LogP contribution in [0, 0.1) is 5.41 Å². The number of phenols is 1. The Hall–Kier alpha value is -1.59. The molecule has 0 radical (unpaired) electrons. The van der Waals surface area contributed by atoms with Gasteiger partial charge in [-0.05, 0) is 48.6 Å². The van der Waals surface area contributed by atoms with Crippen LogP contribution in [0.2, 0.25) is 0 Å². The van der Waals surface area contributed by atoms with E-state index in [-0.39, 0.29) is 11.3 Å². The molecule has 2 atom stereocenters. The Kier molecular flexibility index (Phi) is 5.58. The fraction of sp³-hybridized carbons (Fsp3) is 0.667. The molecule has 26 heavy (non-hydrogen) atoms. The van der Waals surface area contributed by atoms with Gasteiger partial charge in [0, 0.05) is 31.7 Å². The number of nitrogens with zero attached hydrogens (tertiary/aromatic N) is 1. The molecule has 3 rings (SSSR count). The predicted octanol–water partition coefficient (Wildman–Crippen LogP) is 2.84. The number of aromatic hydroxyl groups is 1. The second-order valence-electron chi connectivity index (χ2n) is 9.14. The number of nitrogens with two attached hydrogens (primary N) is 1. The van der Waals surface area contributed by atoms with Crippen molar-refractivity contribution in [3.05, 3.63) is 29.3 Å². The van der Waals surface area contributed by atoms with Gasteiger partial charge in [-0.1, -0.05) is 32.9 Å². The minimum atomic E-state index is -0.560. The highest BCUT2D eigenvalue weighted by molar-refractivity contribution is 5.96. The molecule has 5 heteroatoms.